The number of rotatable bonds is 5. The lowest BCUT2D eigenvalue weighted by atomic mass is 9.90. The van der Waals surface area contributed by atoms with E-state index in [1.54, 1.807) is 18.2 Å². The van der Waals surface area contributed by atoms with E-state index in [1.807, 2.05) is 19.1 Å². The van der Waals surface area contributed by atoms with Gasteiger partial charge in [-0.05, 0) is 44.4 Å². The molecule has 1 unspecified atom stereocenters. The van der Waals surface area contributed by atoms with Gasteiger partial charge in [0.25, 0.3) is 11.6 Å². The van der Waals surface area contributed by atoms with Gasteiger partial charge in [-0.3, -0.25) is 25.0 Å². The summed E-state index contributed by atoms with van der Waals surface area (Å²) in [5, 5.41) is 17.6. The van der Waals surface area contributed by atoms with E-state index in [1.165, 1.54) is 34.8 Å². The zero-order valence-corrected chi connectivity index (χ0v) is 19.7. The van der Waals surface area contributed by atoms with Gasteiger partial charge >= 0.3 is 0 Å². The third-order valence-electron chi connectivity index (χ3n) is 5.62. The number of hydrogen-bond acceptors (Lipinski definition) is 8. The van der Waals surface area contributed by atoms with Gasteiger partial charge in [-0.2, -0.15) is 0 Å². The molecule has 1 aliphatic carbocycles. The zero-order valence-electron chi connectivity index (χ0n) is 18.0. The summed E-state index contributed by atoms with van der Waals surface area (Å²) >= 11 is 2.59. The van der Waals surface area contributed by atoms with Crippen LogP contribution in [0.3, 0.4) is 0 Å². The molecule has 0 fully saturated rings. The summed E-state index contributed by atoms with van der Waals surface area (Å²) in [6.07, 6.45) is 2.29. The van der Waals surface area contributed by atoms with Gasteiger partial charge in [-0.15, -0.1) is 11.3 Å². The Kier molecular flexibility index (Phi) is 5.80. The number of aryl methyl sites for hydroxylation is 2. The molecular formula is C23H19N5O4S2. The van der Waals surface area contributed by atoms with E-state index in [4.69, 9.17) is 0 Å². The summed E-state index contributed by atoms with van der Waals surface area (Å²) < 4.78 is 0.628. The van der Waals surface area contributed by atoms with E-state index >= 15 is 0 Å². The predicted octanol–water partition coefficient (Wildman–Crippen LogP) is 5.28. The first kappa shape index (κ1) is 22.1. The van der Waals surface area contributed by atoms with Crippen molar-refractivity contribution in [2.45, 2.75) is 32.1 Å². The number of aromatic nitrogens is 2. The van der Waals surface area contributed by atoms with Crippen molar-refractivity contribution in [3.8, 4) is 0 Å². The van der Waals surface area contributed by atoms with E-state index in [-0.39, 0.29) is 17.5 Å². The predicted molar refractivity (Wildman–Crippen MR) is 132 cm³/mol. The molecule has 1 atom stereocenters. The van der Waals surface area contributed by atoms with Gasteiger partial charge in [0.15, 0.2) is 10.3 Å². The molecule has 172 valence electrons. The van der Waals surface area contributed by atoms with Crippen molar-refractivity contribution in [1.82, 2.24) is 9.97 Å². The van der Waals surface area contributed by atoms with Gasteiger partial charge in [0.1, 0.15) is 0 Å². The average molecular weight is 494 g/mol. The van der Waals surface area contributed by atoms with Crippen LogP contribution in [0.1, 0.15) is 45.3 Å². The van der Waals surface area contributed by atoms with Crippen LogP contribution in [-0.4, -0.2) is 26.7 Å². The number of fused-ring (bicyclic) bond motifs is 2. The van der Waals surface area contributed by atoms with Gasteiger partial charge in [-0.1, -0.05) is 29.0 Å². The standard InChI is InChI=1S/C23H19N5O4S2/c1-12-5-7-13(8-6-12)20(29)26-23-25-19-15(3-2-4-17(19)33-23)21(30)27-22-24-16-10-9-14(28(31)32)11-18(16)34-22/h5-11,15H,2-4H2,1H3,(H,24,27,30)(H,25,26,29). The maximum Gasteiger partial charge on any atom is 0.270 e. The van der Waals surface area contributed by atoms with Crippen LogP contribution in [0.5, 0.6) is 0 Å². The number of benzene rings is 2. The molecule has 2 amide bonds. The molecule has 2 N–H and O–H groups in total. The summed E-state index contributed by atoms with van der Waals surface area (Å²) in [4.78, 5) is 46.2. The molecule has 5 rings (SSSR count). The first-order chi connectivity index (χ1) is 16.4. The van der Waals surface area contributed by atoms with Crippen LogP contribution in [0.4, 0.5) is 16.0 Å². The normalized spacial score (nSPS) is 15.0. The number of amides is 2. The third-order valence-corrected chi connectivity index (χ3v) is 7.60. The number of non-ortho nitro benzene ring substituents is 1. The zero-order chi connectivity index (χ0) is 23.8. The minimum atomic E-state index is -0.460. The Labute approximate surface area is 202 Å². The Morgan fingerprint density at radius 1 is 1.06 bits per heavy atom. The van der Waals surface area contributed by atoms with Gasteiger partial charge in [0, 0.05) is 22.6 Å². The highest BCUT2D eigenvalue weighted by atomic mass is 32.1. The molecule has 9 nitrogen and oxygen atoms in total. The topological polar surface area (TPSA) is 127 Å². The van der Waals surface area contributed by atoms with Crippen LogP contribution in [-0.2, 0) is 11.2 Å². The number of anilines is 2. The lowest BCUT2D eigenvalue weighted by Gasteiger charge is -2.19. The van der Waals surface area contributed by atoms with Gasteiger partial charge < -0.3 is 5.32 Å². The second-order valence-electron chi connectivity index (χ2n) is 8.01. The first-order valence-corrected chi connectivity index (χ1v) is 12.2. The summed E-state index contributed by atoms with van der Waals surface area (Å²) in [6, 6.07) is 11.7. The molecule has 2 heterocycles. The molecule has 0 spiro atoms. The van der Waals surface area contributed by atoms with Crippen molar-refractivity contribution in [1.29, 1.82) is 0 Å². The third kappa shape index (κ3) is 4.39. The molecular weight excluding hydrogens is 474 g/mol. The van der Waals surface area contributed by atoms with E-state index < -0.39 is 10.8 Å². The van der Waals surface area contributed by atoms with Crippen molar-refractivity contribution >= 4 is 60.7 Å². The molecule has 0 saturated heterocycles. The highest BCUT2D eigenvalue weighted by Gasteiger charge is 2.31. The molecule has 34 heavy (non-hydrogen) atoms. The molecule has 1 aliphatic rings. The summed E-state index contributed by atoms with van der Waals surface area (Å²) in [5.74, 6) is -0.918. The number of hydrogen-bond donors (Lipinski definition) is 2. The highest BCUT2D eigenvalue weighted by molar-refractivity contribution is 7.22. The smallest absolute Gasteiger partial charge is 0.270 e. The fourth-order valence-electron chi connectivity index (χ4n) is 3.87. The summed E-state index contributed by atoms with van der Waals surface area (Å²) in [5.41, 5.74) is 2.87. The molecule has 0 aliphatic heterocycles. The Bertz CT molecular complexity index is 1430. The number of carbonyl (C=O) groups is 2. The fraction of sp³-hybridized carbons (Fsp3) is 0.217. The van der Waals surface area contributed by atoms with Gasteiger partial charge in [0.05, 0.1) is 26.8 Å². The number of nitro groups is 1. The minimum absolute atomic E-state index is 0.0198. The number of nitro benzene ring substituents is 1. The van der Waals surface area contributed by atoms with Crippen molar-refractivity contribution in [2.24, 2.45) is 0 Å². The second-order valence-corrected chi connectivity index (χ2v) is 10.1. The lowest BCUT2D eigenvalue weighted by Crippen LogP contribution is -2.24. The molecule has 2 aromatic carbocycles. The Morgan fingerprint density at radius 2 is 1.82 bits per heavy atom. The quantitative estimate of drug-likeness (QED) is 0.288. The van der Waals surface area contributed by atoms with E-state index in [0.717, 1.165) is 23.3 Å². The summed E-state index contributed by atoms with van der Waals surface area (Å²) in [7, 11) is 0. The van der Waals surface area contributed by atoms with Crippen LogP contribution in [0.15, 0.2) is 42.5 Å². The number of thiazole rings is 2. The van der Waals surface area contributed by atoms with Crippen molar-refractivity contribution in [3.05, 3.63) is 74.3 Å². The molecule has 0 radical (unpaired) electrons. The number of carbonyl (C=O) groups excluding carboxylic acids is 2. The monoisotopic (exact) mass is 493 g/mol. The molecule has 2 aromatic heterocycles. The lowest BCUT2D eigenvalue weighted by molar-refractivity contribution is -0.384. The minimum Gasteiger partial charge on any atom is -0.301 e. The Morgan fingerprint density at radius 3 is 2.59 bits per heavy atom. The van der Waals surface area contributed by atoms with E-state index in [0.29, 0.717) is 38.2 Å². The summed E-state index contributed by atoms with van der Waals surface area (Å²) in [6.45, 7) is 1.96. The highest BCUT2D eigenvalue weighted by Crippen LogP contribution is 2.38. The first-order valence-electron chi connectivity index (χ1n) is 10.6. The van der Waals surface area contributed by atoms with Gasteiger partial charge in [-0.25, -0.2) is 9.97 Å². The molecule has 0 saturated carbocycles. The second kappa shape index (κ2) is 8.92. The van der Waals surface area contributed by atoms with Crippen molar-refractivity contribution in [3.63, 3.8) is 0 Å². The maximum absolute atomic E-state index is 13.1. The van der Waals surface area contributed by atoms with Crippen LogP contribution in [0, 0.1) is 17.0 Å². The number of nitrogens with zero attached hydrogens (tertiary/aromatic N) is 3. The van der Waals surface area contributed by atoms with Crippen LogP contribution < -0.4 is 10.6 Å². The Balaban J connectivity index is 1.33. The van der Waals surface area contributed by atoms with Crippen LogP contribution in [0.2, 0.25) is 0 Å². The van der Waals surface area contributed by atoms with Crippen LogP contribution in [0.25, 0.3) is 10.2 Å². The molecule has 0 bridgehead atoms. The van der Waals surface area contributed by atoms with E-state index in [9.17, 15) is 19.7 Å². The van der Waals surface area contributed by atoms with Crippen molar-refractivity contribution in [2.75, 3.05) is 10.6 Å². The van der Waals surface area contributed by atoms with E-state index in [2.05, 4.69) is 20.6 Å². The largest absolute Gasteiger partial charge is 0.301 e. The Hall–Kier alpha value is -3.70. The SMILES string of the molecule is Cc1ccc(C(=O)Nc2nc3c(s2)CCCC3C(=O)Nc2nc3ccc([N+](=O)[O-])cc3s2)cc1. The van der Waals surface area contributed by atoms with Crippen LogP contribution >= 0.6 is 22.7 Å². The number of nitrogens with one attached hydrogen (secondary N) is 2. The molecule has 4 aromatic rings. The van der Waals surface area contributed by atoms with Crippen molar-refractivity contribution < 1.29 is 14.5 Å². The molecule has 11 heteroatoms. The maximum atomic E-state index is 13.1. The average Bonchev–Trinajstić information content (AvgIpc) is 3.41. The fourth-order valence-corrected chi connectivity index (χ4v) is 5.84. The van der Waals surface area contributed by atoms with Gasteiger partial charge in [0.2, 0.25) is 5.91 Å².